The number of nitrogens with zero attached hydrogens (tertiary/aromatic N) is 2. The fourth-order valence-electron chi connectivity index (χ4n) is 2.70. The molecule has 0 spiro atoms. The van der Waals surface area contributed by atoms with Crippen molar-refractivity contribution in [3.05, 3.63) is 70.0 Å². The van der Waals surface area contributed by atoms with Crippen molar-refractivity contribution in [1.82, 2.24) is 9.97 Å². The van der Waals surface area contributed by atoms with Crippen LogP contribution in [0.2, 0.25) is 0 Å². The van der Waals surface area contributed by atoms with Gasteiger partial charge in [0, 0.05) is 11.3 Å². The van der Waals surface area contributed by atoms with Gasteiger partial charge in [-0.05, 0) is 30.2 Å². The van der Waals surface area contributed by atoms with E-state index in [0.717, 1.165) is 17.7 Å². The second kappa shape index (κ2) is 9.80. The molecule has 0 saturated heterocycles. The highest BCUT2D eigenvalue weighted by Gasteiger charge is 2.16. The molecule has 0 atom stereocenters. The van der Waals surface area contributed by atoms with E-state index in [2.05, 4.69) is 16.9 Å². The first-order valence-electron chi connectivity index (χ1n) is 9.18. The number of hydrogen-bond donors (Lipinski definition) is 1. The standard InChI is InChI=1S/C22H21N3O3S/c1-3-11-29-22-24-20(17(13-23)21(26)25-22)16-9-10-18(19(12-16)27-2)28-14-15-7-5-4-6-8-15/h4-10,12H,3,11,14H2,1-2H3,(H,24,25,26). The van der Waals surface area contributed by atoms with E-state index in [1.807, 2.05) is 36.4 Å². The Bertz CT molecular complexity index is 1070. The second-order valence-corrected chi connectivity index (χ2v) is 7.28. The average Bonchev–Trinajstić information content (AvgIpc) is 2.76. The molecule has 0 aliphatic carbocycles. The maximum Gasteiger partial charge on any atom is 0.270 e. The summed E-state index contributed by atoms with van der Waals surface area (Å²) in [7, 11) is 1.55. The van der Waals surface area contributed by atoms with Gasteiger partial charge in [0.1, 0.15) is 18.2 Å². The highest BCUT2D eigenvalue weighted by atomic mass is 32.2. The molecule has 1 N–H and O–H groups in total. The van der Waals surface area contributed by atoms with Crippen LogP contribution >= 0.6 is 11.8 Å². The van der Waals surface area contributed by atoms with Crippen LogP contribution in [0.4, 0.5) is 0 Å². The Kier molecular flexibility index (Phi) is 6.93. The molecule has 148 valence electrons. The van der Waals surface area contributed by atoms with E-state index >= 15 is 0 Å². The molecule has 0 fully saturated rings. The molecule has 6 nitrogen and oxygen atoms in total. The molecular formula is C22H21N3O3S. The fraction of sp³-hybridized carbons (Fsp3) is 0.227. The minimum atomic E-state index is -0.445. The van der Waals surface area contributed by atoms with Gasteiger partial charge in [-0.1, -0.05) is 49.0 Å². The van der Waals surface area contributed by atoms with Crippen molar-refractivity contribution in [2.75, 3.05) is 12.9 Å². The number of benzene rings is 2. The number of methoxy groups -OCH3 is 1. The number of nitrogens with one attached hydrogen (secondary N) is 1. The lowest BCUT2D eigenvalue weighted by Gasteiger charge is -2.13. The molecule has 0 aliphatic heterocycles. The number of rotatable bonds is 8. The van der Waals surface area contributed by atoms with Crippen molar-refractivity contribution in [3.8, 4) is 28.8 Å². The predicted molar refractivity (Wildman–Crippen MR) is 113 cm³/mol. The third kappa shape index (κ3) is 4.98. The molecule has 1 aromatic heterocycles. The monoisotopic (exact) mass is 407 g/mol. The lowest BCUT2D eigenvalue weighted by Crippen LogP contribution is -2.15. The largest absolute Gasteiger partial charge is 0.493 e. The van der Waals surface area contributed by atoms with Gasteiger partial charge in [-0.2, -0.15) is 5.26 Å². The van der Waals surface area contributed by atoms with Crippen molar-refractivity contribution < 1.29 is 9.47 Å². The maximum atomic E-state index is 12.3. The molecule has 3 rings (SSSR count). The minimum Gasteiger partial charge on any atom is -0.493 e. The van der Waals surface area contributed by atoms with Crippen LogP contribution in [0.25, 0.3) is 11.3 Å². The number of H-pyrrole nitrogens is 1. The molecule has 0 saturated carbocycles. The summed E-state index contributed by atoms with van der Waals surface area (Å²) < 4.78 is 11.3. The summed E-state index contributed by atoms with van der Waals surface area (Å²) in [5.74, 6) is 1.90. The van der Waals surface area contributed by atoms with E-state index < -0.39 is 5.56 Å². The van der Waals surface area contributed by atoms with Gasteiger partial charge < -0.3 is 14.5 Å². The summed E-state index contributed by atoms with van der Waals surface area (Å²) in [5.41, 5.74) is 1.53. The van der Waals surface area contributed by atoms with Crippen LogP contribution in [0.5, 0.6) is 11.5 Å². The first kappa shape index (κ1) is 20.5. The van der Waals surface area contributed by atoms with Crippen LogP contribution in [0.1, 0.15) is 24.5 Å². The third-order valence-corrected chi connectivity index (χ3v) is 5.21. The lowest BCUT2D eigenvalue weighted by atomic mass is 10.1. The number of aromatic nitrogens is 2. The zero-order valence-electron chi connectivity index (χ0n) is 16.3. The second-order valence-electron chi connectivity index (χ2n) is 6.19. The molecule has 2 aromatic carbocycles. The highest BCUT2D eigenvalue weighted by molar-refractivity contribution is 7.99. The highest BCUT2D eigenvalue weighted by Crippen LogP contribution is 2.33. The average molecular weight is 407 g/mol. The molecule has 0 radical (unpaired) electrons. The Balaban J connectivity index is 1.94. The van der Waals surface area contributed by atoms with Crippen LogP contribution in [-0.4, -0.2) is 22.8 Å². The van der Waals surface area contributed by atoms with E-state index in [1.165, 1.54) is 11.8 Å². The minimum absolute atomic E-state index is 0.0224. The molecule has 0 aliphatic rings. The quantitative estimate of drug-likeness (QED) is 0.440. The fourth-order valence-corrected chi connectivity index (χ4v) is 3.42. The molecular weight excluding hydrogens is 386 g/mol. The van der Waals surface area contributed by atoms with Gasteiger partial charge in [-0.15, -0.1) is 0 Å². The van der Waals surface area contributed by atoms with Crippen LogP contribution in [0.15, 0.2) is 58.5 Å². The molecule has 0 amide bonds. The molecule has 3 aromatic rings. The van der Waals surface area contributed by atoms with Crippen LogP contribution < -0.4 is 15.0 Å². The van der Waals surface area contributed by atoms with Gasteiger partial charge in [0.2, 0.25) is 0 Å². The topological polar surface area (TPSA) is 88.0 Å². The molecule has 1 heterocycles. The lowest BCUT2D eigenvalue weighted by molar-refractivity contribution is 0.284. The zero-order valence-corrected chi connectivity index (χ0v) is 17.1. The zero-order chi connectivity index (χ0) is 20.6. The first-order chi connectivity index (χ1) is 14.2. The Morgan fingerprint density at radius 2 is 1.97 bits per heavy atom. The summed E-state index contributed by atoms with van der Waals surface area (Å²) in [4.78, 5) is 19.5. The van der Waals surface area contributed by atoms with Gasteiger partial charge in [0.05, 0.1) is 12.8 Å². The van der Waals surface area contributed by atoms with E-state index in [9.17, 15) is 10.1 Å². The van der Waals surface area contributed by atoms with Gasteiger partial charge in [0.15, 0.2) is 16.7 Å². The van der Waals surface area contributed by atoms with Crippen LogP contribution in [0.3, 0.4) is 0 Å². The van der Waals surface area contributed by atoms with Crippen molar-refractivity contribution in [1.29, 1.82) is 5.26 Å². The summed E-state index contributed by atoms with van der Waals surface area (Å²) >= 11 is 1.45. The number of ether oxygens (including phenoxy) is 2. The maximum absolute atomic E-state index is 12.3. The Hall–Kier alpha value is -3.24. The summed E-state index contributed by atoms with van der Waals surface area (Å²) in [6.45, 7) is 2.45. The molecule has 0 bridgehead atoms. The Labute approximate surface area is 173 Å². The molecule has 7 heteroatoms. The third-order valence-electron chi connectivity index (χ3n) is 4.13. The Morgan fingerprint density at radius 1 is 1.17 bits per heavy atom. The number of aromatic amines is 1. The van der Waals surface area contributed by atoms with Crippen molar-refractivity contribution >= 4 is 11.8 Å². The van der Waals surface area contributed by atoms with Crippen molar-refractivity contribution in [2.45, 2.75) is 25.1 Å². The molecule has 0 unspecified atom stereocenters. The molecule has 29 heavy (non-hydrogen) atoms. The van der Waals surface area contributed by atoms with Gasteiger partial charge in [0.25, 0.3) is 5.56 Å². The number of thioether (sulfide) groups is 1. The smallest absolute Gasteiger partial charge is 0.270 e. The van der Waals surface area contributed by atoms with Gasteiger partial charge in [-0.3, -0.25) is 4.79 Å². The van der Waals surface area contributed by atoms with Gasteiger partial charge >= 0.3 is 0 Å². The van der Waals surface area contributed by atoms with Crippen LogP contribution in [-0.2, 0) is 6.61 Å². The van der Waals surface area contributed by atoms with Crippen molar-refractivity contribution in [3.63, 3.8) is 0 Å². The SMILES string of the molecule is CCCSc1nc(-c2ccc(OCc3ccccc3)c(OC)c2)c(C#N)c(=O)[nH]1. The summed E-state index contributed by atoms with van der Waals surface area (Å²) in [5, 5.41) is 9.94. The first-order valence-corrected chi connectivity index (χ1v) is 10.2. The van der Waals surface area contributed by atoms with Crippen molar-refractivity contribution in [2.24, 2.45) is 0 Å². The Morgan fingerprint density at radius 3 is 2.66 bits per heavy atom. The normalized spacial score (nSPS) is 10.4. The van der Waals surface area contributed by atoms with E-state index in [4.69, 9.17) is 9.47 Å². The summed E-state index contributed by atoms with van der Waals surface area (Å²) in [6.07, 6.45) is 0.949. The number of hydrogen-bond acceptors (Lipinski definition) is 6. The number of nitriles is 1. The summed E-state index contributed by atoms with van der Waals surface area (Å²) in [6, 6.07) is 17.1. The van der Waals surface area contributed by atoms with Gasteiger partial charge in [-0.25, -0.2) is 4.98 Å². The van der Waals surface area contributed by atoms with E-state index in [0.29, 0.717) is 34.5 Å². The van der Waals surface area contributed by atoms with Crippen LogP contribution in [0, 0.1) is 11.3 Å². The van der Waals surface area contributed by atoms with E-state index in [1.54, 1.807) is 25.3 Å². The van der Waals surface area contributed by atoms with E-state index in [-0.39, 0.29) is 5.56 Å². The predicted octanol–water partition coefficient (Wildman–Crippen LogP) is 4.40.